The molecule has 1 aliphatic heterocycles. The highest BCUT2D eigenvalue weighted by atomic mass is 16.6. The van der Waals surface area contributed by atoms with Crippen molar-refractivity contribution in [3.05, 3.63) is 54.1 Å². The third kappa shape index (κ3) is 4.33. The number of anilines is 1. The van der Waals surface area contributed by atoms with Crippen LogP contribution in [-0.2, 0) is 9.53 Å². The number of rotatable bonds is 6. The summed E-state index contributed by atoms with van der Waals surface area (Å²) < 4.78 is 16.4. The van der Waals surface area contributed by atoms with Gasteiger partial charge in [-0.2, -0.15) is 0 Å². The summed E-state index contributed by atoms with van der Waals surface area (Å²) >= 11 is 0. The highest BCUT2D eigenvalue weighted by Crippen LogP contribution is 2.31. The molecule has 0 bridgehead atoms. The van der Waals surface area contributed by atoms with Gasteiger partial charge in [-0.25, -0.2) is 4.79 Å². The van der Waals surface area contributed by atoms with Gasteiger partial charge in [0.2, 0.25) is 6.10 Å². The number of para-hydroxylation sites is 2. The summed E-state index contributed by atoms with van der Waals surface area (Å²) in [4.78, 5) is 24.2. The number of benzene rings is 2. The molecule has 6 nitrogen and oxygen atoms in total. The standard InChI is InChI=1S/C20H21NO5/c1-2-3-12-24-20(23)14-8-10-15(11-9-14)21-19(22)18-13-25-16-6-4-5-7-17(16)26-18/h4-11,18H,2-3,12-13H2,1H3,(H,21,22)/t18-/m0/s1. The first-order chi connectivity index (χ1) is 12.7. The van der Waals surface area contributed by atoms with Crippen molar-refractivity contribution in [1.29, 1.82) is 0 Å². The topological polar surface area (TPSA) is 73.9 Å². The molecule has 0 radical (unpaired) electrons. The fraction of sp³-hybridized carbons (Fsp3) is 0.300. The second-order valence-electron chi connectivity index (χ2n) is 5.92. The molecule has 1 atom stereocenters. The van der Waals surface area contributed by atoms with Gasteiger partial charge in [0.05, 0.1) is 12.2 Å². The van der Waals surface area contributed by atoms with Crippen molar-refractivity contribution in [1.82, 2.24) is 0 Å². The van der Waals surface area contributed by atoms with Crippen molar-refractivity contribution in [2.75, 3.05) is 18.5 Å². The largest absolute Gasteiger partial charge is 0.485 e. The second kappa shape index (κ2) is 8.38. The molecular weight excluding hydrogens is 334 g/mol. The number of fused-ring (bicyclic) bond motifs is 1. The van der Waals surface area contributed by atoms with Gasteiger partial charge in [-0.15, -0.1) is 0 Å². The van der Waals surface area contributed by atoms with Gasteiger partial charge in [-0.05, 0) is 42.8 Å². The Bertz CT molecular complexity index is 772. The first kappa shape index (κ1) is 17.8. The highest BCUT2D eigenvalue weighted by molar-refractivity contribution is 5.95. The molecule has 0 saturated heterocycles. The lowest BCUT2D eigenvalue weighted by molar-refractivity contribution is -0.125. The van der Waals surface area contributed by atoms with Crippen molar-refractivity contribution in [3.63, 3.8) is 0 Å². The maximum Gasteiger partial charge on any atom is 0.338 e. The van der Waals surface area contributed by atoms with Crippen LogP contribution in [0.15, 0.2) is 48.5 Å². The summed E-state index contributed by atoms with van der Waals surface area (Å²) in [6, 6.07) is 13.8. The van der Waals surface area contributed by atoms with E-state index in [9.17, 15) is 9.59 Å². The van der Waals surface area contributed by atoms with Gasteiger partial charge >= 0.3 is 5.97 Å². The maximum atomic E-state index is 12.4. The lowest BCUT2D eigenvalue weighted by Crippen LogP contribution is -2.40. The van der Waals surface area contributed by atoms with Gasteiger partial charge < -0.3 is 19.5 Å². The minimum atomic E-state index is -0.733. The molecule has 1 heterocycles. The van der Waals surface area contributed by atoms with Gasteiger partial charge in [0.15, 0.2) is 11.5 Å². The van der Waals surface area contributed by atoms with E-state index in [-0.39, 0.29) is 18.5 Å². The van der Waals surface area contributed by atoms with Crippen LogP contribution in [0.3, 0.4) is 0 Å². The zero-order chi connectivity index (χ0) is 18.4. The molecule has 0 aromatic heterocycles. The molecular formula is C20H21NO5. The number of amides is 1. The first-order valence-corrected chi connectivity index (χ1v) is 8.64. The molecule has 3 rings (SSSR count). The fourth-order valence-electron chi connectivity index (χ4n) is 2.45. The predicted molar refractivity (Wildman–Crippen MR) is 96.6 cm³/mol. The molecule has 26 heavy (non-hydrogen) atoms. The van der Waals surface area contributed by atoms with E-state index in [1.54, 1.807) is 36.4 Å². The average molecular weight is 355 g/mol. The van der Waals surface area contributed by atoms with Crippen LogP contribution in [0.1, 0.15) is 30.1 Å². The van der Waals surface area contributed by atoms with E-state index in [4.69, 9.17) is 14.2 Å². The van der Waals surface area contributed by atoms with Crippen molar-refractivity contribution in [3.8, 4) is 11.5 Å². The van der Waals surface area contributed by atoms with Crippen LogP contribution in [0.4, 0.5) is 5.69 Å². The molecule has 1 N–H and O–H groups in total. The summed E-state index contributed by atoms with van der Waals surface area (Å²) in [5.74, 6) is 0.501. The fourth-order valence-corrected chi connectivity index (χ4v) is 2.45. The Morgan fingerprint density at radius 2 is 1.85 bits per heavy atom. The molecule has 0 fully saturated rings. The smallest absolute Gasteiger partial charge is 0.338 e. The molecule has 1 amide bonds. The summed E-state index contributed by atoms with van der Waals surface area (Å²) in [7, 11) is 0. The first-order valence-electron chi connectivity index (χ1n) is 8.64. The van der Waals surface area contributed by atoms with Crippen LogP contribution in [0.25, 0.3) is 0 Å². The van der Waals surface area contributed by atoms with Crippen LogP contribution in [0.5, 0.6) is 11.5 Å². The van der Waals surface area contributed by atoms with Crippen LogP contribution >= 0.6 is 0 Å². The van der Waals surface area contributed by atoms with Gasteiger partial charge in [0.25, 0.3) is 5.91 Å². The van der Waals surface area contributed by atoms with Crippen LogP contribution in [0, 0.1) is 0 Å². The number of hydrogen-bond donors (Lipinski definition) is 1. The van der Waals surface area contributed by atoms with Crippen LogP contribution in [0.2, 0.25) is 0 Å². The Labute approximate surface area is 152 Å². The molecule has 0 unspecified atom stereocenters. The average Bonchev–Trinajstić information content (AvgIpc) is 2.68. The van der Waals surface area contributed by atoms with Crippen LogP contribution < -0.4 is 14.8 Å². The lowest BCUT2D eigenvalue weighted by Gasteiger charge is -2.25. The normalized spacial score (nSPS) is 15.2. The van der Waals surface area contributed by atoms with Gasteiger partial charge in [0, 0.05) is 5.69 Å². The molecule has 0 saturated carbocycles. The molecule has 2 aromatic carbocycles. The third-order valence-electron chi connectivity index (χ3n) is 3.92. The van der Waals surface area contributed by atoms with Crippen LogP contribution in [-0.4, -0.2) is 31.2 Å². The van der Waals surface area contributed by atoms with Crippen molar-refractivity contribution >= 4 is 17.6 Å². The molecule has 1 aliphatic rings. The minimum absolute atomic E-state index is 0.144. The number of ether oxygens (including phenoxy) is 3. The third-order valence-corrected chi connectivity index (χ3v) is 3.92. The predicted octanol–water partition coefficient (Wildman–Crippen LogP) is 3.42. The summed E-state index contributed by atoms with van der Waals surface area (Å²) in [6.45, 7) is 2.59. The summed E-state index contributed by atoms with van der Waals surface area (Å²) in [6.07, 6.45) is 1.07. The summed E-state index contributed by atoms with van der Waals surface area (Å²) in [5.41, 5.74) is 1.02. The number of carbonyl (C=O) groups excluding carboxylic acids is 2. The Balaban J connectivity index is 1.56. The van der Waals surface area contributed by atoms with E-state index in [0.29, 0.717) is 29.4 Å². The lowest BCUT2D eigenvalue weighted by atomic mass is 10.2. The van der Waals surface area contributed by atoms with Crippen molar-refractivity contribution < 1.29 is 23.8 Å². The molecule has 0 aliphatic carbocycles. The van der Waals surface area contributed by atoms with E-state index < -0.39 is 6.10 Å². The second-order valence-corrected chi connectivity index (χ2v) is 5.92. The zero-order valence-corrected chi connectivity index (χ0v) is 14.6. The number of carbonyl (C=O) groups is 2. The minimum Gasteiger partial charge on any atom is -0.485 e. The Kier molecular flexibility index (Phi) is 5.73. The van der Waals surface area contributed by atoms with E-state index in [0.717, 1.165) is 12.8 Å². The Morgan fingerprint density at radius 3 is 2.58 bits per heavy atom. The monoisotopic (exact) mass is 355 g/mol. The Hall–Kier alpha value is -3.02. The van der Waals surface area contributed by atoms with E-state index in [1.807, 2.05) is 19.1 Å². The highest BCUT2D eigenvalue weighted by Gasteiger charge is 2.27. The Morgan fingerprint density at radius 1 is 1.12 bits per heavy atom. The van der Waals surface area contributed by atoms with Crippen molar-refractivity contribution in [2.24, 2.45) is 0 Å². The van der Waals surface area contributed by atoms with E-state index in [2.05, 4.69) is 5.32 Å². The van der Waals surface area contributed by atoms with Gasteiger partial charge in [-0.3, -0.25) is 4.79 Å². The molecule has 0 spiro atoms. The number of nitrogens with one attached hydrogen (secondary N) is 1. The van der Waals surface area contributed by atoms with Gasteiger partial charge in [0.1, 0.15) is 6.61 Å². The molecule has 2 aromatic rings. The van der Waals surface area contributed by atoms with Gasteiger partial charge in [-0.1, -0.05) is 25.5 Å². The van der Waals surface area contributed by atoms with E-state index >= 15 is 0 Å². The number of esters is 1. The zero-order valence-electron chi connectivity index (χ0n) is 14.6. The molecule has 136 valence electrons. The molecule has 6 heteroatoms. The van der Waals surface area contributed by atoms with Crippen molar-refractivity contribution in [2.45, 2.75) is 25.9 Å². The SMILES string of the molecule is CCCCOC(=O)c1ccc(NC(=O)[C@@H]2COc3ccccc3O2)cc1. The maximum absolute atomic E-state index is 12.4. The number of unbranched alkanes of at least 4 members (excludes halogenated alkanes) is 1. The number of hydrogen-bond acceptors (Lipinski definition) is 5. The summed E-state index contributed by atoms with van der Waals surface area (Å²) in [5, 5.41) is 2.76. The quantitative estimate of drug-likeness (QED) is 0.635. The van der Waals surface area contributed by atoms with E-state index in [1.165, 1.54) is 0 Å².